The van der Waals surface area contributed by atoms with Crippen molar-refractivity contribution in [2.45, 2.75) is 26.2 Å². The first-order chi connectivity index (χ1) is 6.72. The molecule has 0 saturated carbocycles. The minimum Gasteiger partial charge on any atom is -0.289 e. The third-order valence-corrected chi connectivity index (χ3v) is 2.39. The van der Waals surface area contributed by atoms with E-state index in [4.69, 9.17) is 4.55 Å². The minimum absolute atomic E-state index is 0.672. The fourth-order valence-corrected chi connectivity index (χ4v) is 1.56. The first-order valence-corrected chi connectivity index (χ1v) is 5.79. The van der Waals surface area contributed by atoms with Gasteiger partial charge in [-0.1, -0.05) is 25.5 Å². The van der Waals surface area contributed by atoms with Gasteiger partial charge in [0, 0.05) is 5.69 Å². The zero-order valence-electron chi connectivity index (χ0n) is 8.19. The maximum absolute atomic E-state index is 10.4. The molecule has 1 aromatic rings. The van der Waals surface area contributed by atoms with Crippen LogP contribution in [0.4, 0.5) is 5.69 Å². The van der Waals surface area contributed by atoms with Gasteiger partial charge >= 0.3 is 0 Å². The molecule has 0 heterocycles. The van der Waals surface area contributed by atoms with Crippen molar-refractivity contribution >= 4 is 17.0 Å². The number of nitrogens with one attached hydrogen (secondary N) is 1. The van der Waals surface area contributed by atoms with Crippen LogP contribution in [0.15, 0.2) is 24.3 Å². The second-order valence-corrected chi connectivity index (χ2v) is 3.85. The Morgan fingerprint density at radius 3 is 2.50 bits per heavy atom. The molecule has 0 aliphatic rings. The average Bonchev–Trinajstić information content (AvgIpc) is 2.16. The fourth-order valence-electron chi connectivity index (χ4n) is 1.22. The first-order valence-electron chi connectivity index (χ1n) is 4.69. The van der Waals surface area contributed by atoms with Crippen LogP contribution in [0.5, 0.6) is 0 Å². The first kappa shape index (κ1) is 11.2. The minimum atomic E-state index is -1.98. The highest BCUT2D eigenvalue weighted by Gasteiger charge is 1.96. The maximum atomic E-state index is 10.4. The van der Waals surface area contributed by atoms with E-state index in [0.717, 1.165) is 6.42 Å². The number of aryl methyl sites for hydroxylation is 1. The van der Waals surface area contributed by atoms with E-state index in [2.05, 4.69) is 11.6 Å². The van der Waals surface area contributed by atoms with Gasteiger partial charge in [0.1, 0.15) is 0 Å². The highest BCUT2D eigenvalue weighted by atomic mass is 32.2. The quantitative estimate of drug-likeness (QED) is 0.738. The SMILES string of the molecule is CCCCc1ccc(NS(=O)O)cc1. The summed E-state index contributed by atoms with van der Waals surface area (Å²) in [7, 11) is 0. The van der Waals surface area contributed by atoms with Crippen molar-refractivity contribution in [1.82, 2.24) is 0 Å². The van der Waals surface area contributed by atoms with Crippen molar-refractivity contribution in [2.75, 3.05) is 4.72 Å². The molecule has 0 amide bonds. The van der Waals surface area contributed by atoms with E-state index in [-0.39, 0.29) is 0 Å². The number of hydrogen-bond acceptors (Lipinski definition) is 1. The van der Waals surface area contributed by atoms with Crippen LogP contribution < -0.4 is 4.72 Å². The van der Waals surface area contributed by atoms with Gasteiger partial charge < -0.3 is 0 Å². The lowest BCUT2D eigenvalue weighted by Gasteiger charge is -2.03. The molecule has 0 bridgehead atoms. The molecule has 0 aliphatic heterocycles. The van der Waals surface area contributed by atoms with Crippen LogP contribution in [0.25, 0.3) is 0 Å². The number of anilines is 1. The highest BCUT2D eigenvalue weighted by molar-refractivity contribution is 7.80. The highest BCUT2D eigenvalue weighted by Crippen LogP contribution is 2.11. The van der Waals surface area contributed by atoms with Gasteiger partial charge in [0.25, 0.3) is 11.3 Å². The Morgan fingerprint density at radius 1 is 1.36 bits per heavy atom. The Hall–Kier alpha value is -0.870. The van der Waals surface area contributed by atoms with Gasteiger partial charge in [0.2, 0.25) is 0 Å². The summed E-state index contributed by atoms with van der Waals surface area (Å²) < 4.78 is 21.4. The normalized spacial score (nSPS) is 12.4. The fraction of sp³-hybridized carbons (Fsp3) is 0.400. The Balaban J connectivity index is 2.54. The number of hydrogen-bond donors (Lipinski definition) is 2. The number of unbranched alkanes of at least 4 members (excludes halogenated alkanes) is 1. The molecule has 4 heteroatoms. The van der Waals surface area contributed by atoms with Crippen LogP contribution >= 0.6 is 0 Å². The van der Waals surface area contributed by atoms with Gasteiger partial charge in [0.15, 0.2) is 0 Å². The average molecular weight is 213 g/mol. The summed E-state index contributed by atoms with van der Waals surface area (Å²) in [6, 6.07) is 7.59. The Bertz CT molecular complexity index is 297. The summed E-state index contributed by atoms with van der Waals surface area (Å²) >= 11 is -1.98. The summed E-state index contributed by atoms with van der Waals surface area (Å²) in [6.45, 7) is 2.16. The summed E-state index contributed by atoms with van der Waals surface area (Å²) in [5.41, 5.74) is 1.94. The molecule has 1 aromatic carbocycles. The van der Waals surface area contributed by atoms with Gasteiger partial charge in [-0.25, -0.2) is 4.21 Å². The molecule has 0 aromatic heterocycles. The van der Waals surface area contributed by atoms with E-state index >= 15 is 0 Å². The molecule has 14 heavy (non-hydrogen) atoms. The Morgan fingerprint density at radius 2 is 2.00 bits per heavy atom. The van der Waals surface area contributed by atoms with E-state index in [9.17, 15) is 4.21 Å². The van der Waals surface area contributed by atoms with Crippen molar-refractivity contribution in [1.29, 1.82) is 0 Å². The second-order valence-electron chi connectivity index (χ2n) is 3.15. The topological polar surface area (TPSA) is 49.3 Å². The molecule has 1 rings (SSSR count). The molecular formula is C10H15NO2S. The monoisotopic (exact) mass is 213 g/mol. The molecule has 1 unspecified atom stereocenters. The van der Waals surface area contributed by atoms with E-state index in [1.54, 1.807) is 0 Å². The molecule has 0 spiro atoms. The molecule has 78 valence electrons. The van der Waals surface area contributed by atoms with Crippen LogP contribution in [-0.4, -0.2) is 8.76 Å². The summed E-state index contributed by atoms with van der Waals surface area (Å²) in [5.74, 6) is 0. The molecule has 0 radical (unpaired) electrons. The summed E-state index contributed by atoms with van der Waals surface area (Å²) in [4.78, 5) is 0. The third-order valence-electron chi connectivity index (χ3n) is 1.98. The zero-order chi connectivity index (χ0) is 10.4. The molecule has 1 atom stereocenters. The van der Waals surface area contributed by atoms with Gasteiger partial charge in [-0.2, -0.15) is 0 Å². The zero-order valence-corrected chi connectivity index (χ0v) is 9.01. The van der Waals surface area contributed by atoms with Crippen molar-refractivity contribution in [3.05, 3.63) is 29.8 Å². The summed E-state index contributed by atoms with van der Waals surface area (Å²) in [5, 5.41) is 0. The van der Waals surface area contributed by atoms with Gasteiger partial charge in [-0.15, -0.1) is 0 Å². The Kier molecular flexibility index (Phi) is 4.62. The van der Waals surface area contributed by atoms with Crippen molar-refractivity contribution < 1.29 is 8.76 Å². The smallest absolute Gasteiger partial charge is 0.259 e. The van der Waals surface area contributed by atoms with Crippen molar-refractivity contribution in [2.24, 2.45) is 0 Å². The molecule has 0 aliphatic carbocycles. The Labute approximate surface area is 87.0 Å². The van der Waals surface area contributed by atoms with Crippen LogP contribution in [0.2, 0.25) is 0 Å². The molecule has 0 fully saturated rings. The maximum Gasteiger partial charge on any atom is 0.259 e. The second kappa shape index (κ2) is 5.78. The van der Waals surface area contributed by atoms with Crippen molar-refractivity contribution in [3.63, 3.8) is 0 Å². The van der Waals surface area contributed by atoms with Crippen LogP contribution in [-0.2, 0) is 17.7 Å². The van der Waals surface area contributed by atoms with Crippen LogP contribution in [0.3, 0.4) is 0 Å². The van der Waals surface area contributed by atoms with Crippen LogP contribution in [0, 0.1) is 0 Å². The van der Waals surface area contributed by atoms with Crippen LogP contribution in [0.1, 0.15) is 25.3 Å². The number of rotatable bonds is 5. The van der Waals surface area contributed by atoms with Gasteiger partial charge in [-0.05, 0) is 30.5 Å². The predicted molar refractivity (Wildman–Crippen MR) is 59.4 cm³/mol. The van der Waals surface area contributed by atoms with Gasteiger partial charge in [-0.3, -0.25) is 9.27 Å². The van der Waals surface area contributed by atoms with Crippen molar-refractivity contribution in [3.8, 4) is 0 Å². The number of benzene rings is 1. The lowest BCUT2D eigenvalue weighted by atomic mass is 10.1. The largest absolute Gasteiger partial charge is 0.289 e. The lowest BCUT2D eigenvalue weighted by Crippen LogP contribution is -2.01. The van der Waals surface area contributed by atoms with E-state index in [1.165, 1.54) is 18.4 Å². The molecule has 2 N–H and O–H groups in total. The third kappa shape index (κ3) is 3.89. The predicted octanol–water partition coefficient (Wildman–Crippen LogP) is 2.58. The van der Waals surface area contributed by atoms with E-state index in [1.807, 2.05) is 24.3 Å². The molecular weight excluding hydrogens is 198 g/mol. The molecule has 0 saturated heterocycles. The standard InChI is InChI=1S/C10H15NO2S/c1-2-3-4-9-5-7-10(8-6-9)11-14(12)13/h5-8,11H,2-4H2,1H3,(H,12,13). The van der Waals surface area contributed by atoms with E-state index in [0.29, 0.717) is 5.69 Å². The van der Waals surface area contributed by atoms with E-state index < -0.39 is 11.3 Å². The lowest BCUT2D eigenvalue weighted by molar-refractivity contribution is 0.570. The molecule has 3 nitrogen and oxygen atoms in total. The summed E-state index contributed by atoms with van der Waals surface area (Å²) in [6.07, 6.45) is 3.43. The van der Waals surface area contributed by atoms with Gasteiger partial charge in [0.05, 0.1) is 0 Å².